The molecule has 0 bridgehead atoms. The van der Waals surface area contributed by atoms with Crippen molar-refractivity contribution in [3.63, 3.8) is 0 Å². The Labute approximate surface area is 572 Å². The second-order valence-electron chi connectivity index (χ2n) is 34.5. The smallest absolute Gasteiger partial charge is 0.0575 e. The lowest BCUT2D eigenvalue weighted by Gasteiger charge is -2.38. The molecule has 0 unspecified atom stereocenters. The van der Waals surface area contributed by atoms with Gasteiger partial charge in [-0.1, -0.05) is 242 Å². The Morgan fingerprint density at radius 1 is 0.209 bits per heavy atom. The minimum Gasteiger partial charge on any atom is -0.381 e. The van der Waals surface area contributed by atoms with Gasteiger partial charge in [0, 0.05) is 20.3 Å². The van der Waals surface area contributed by atoms with Crippen molar-refractivity contribution in [3.8, 4) is 0 Å². The first kappa shape index (κ1) is 79.9. The largest absolute Gasteiger partial charge is 0.381 e. The van der Waals surface area contributed by atoms with Gasteiger partial charge in [-0.25, -0.2) is 0 Å². The van der Waals surface area contributed by atoms with E-state index in [0.29, 0.717) is 18.3 Å². The zero-order valence-electron chi connectivity index (χ0n) is 63.8. The summed E-state index contributed by atoms with van der Waals surface area (Å²) in [6.45, 7) is 22.6. The third-order valence-corrected chi connectivity index (χ3v) is 28.3. The third-order valence-electron chi connectivity index (χ3n) is 28.3. The van der Waals surface area contributed by atoms with Crippen molar-refractivity contribution in [1.29, 1.82) is 0 Å². The van der Waals surface area contributed by atoms with E-state index in [0.717, 1.165) is 114 Å². The topological polar surface area (TPSA) is 27.7 Å². The van der Waals surface area contributed by atoms with Gasteiger partial charge in [0.2, 0.25) is 0 Å². The summed E-state index contributed by atoms with van der Waals surface area (Å²) < 4.78 is 17.2. The van der Waals surface area contributed by atoms with Crippen LogP contribution in [0.15, 0.2) is 0 Å². The van der Waals surface area contributed by atoms with Crippen LogP contribution in [0, 0.1) is 101 Å². The molecule has 0 aromatic heterocycles. The van der Waals surface area contributed by atoms with Crippen LogP contribution in [0.4, 0.5) is 0 Å². The molecule has 10 aliphatic carbocycles. The standard InChI is InChI=1S/C20H38.C18H34O.C17H32O.C17H32.C16H30O/c1-3-5-6-8-18-11-15-20(16-12-18)19-13-9-17(7-4-2)10-14-19;1-3-5-15-6-8-16(9-7-15)17-10-12-18(13-11-17)19-14-4-2;1-3-5-14-6-8-15(9-7-14)16-10-12-17(13-11-16)18-4-2;1-3-5-15-8-12-17(13-9-15)16-10-6-14(4-2)7-11-16;1-3-4-13-5-7-14(8-6-13)15-9-11-16(17-2)12-10-15/h17-20H,3-16H2,1-2H3;15-18H,3-14H2,1-2H3;14-17H,3-13H2,1-2H3;14-17H,3-13H2,1-2H3;13-16H,3-12H2,1-2H3. The summed E-state index contributed by atoms with van der Waals surface area (Å²) in [6.07, 6.45) is 84.3. The monoisotopic (exact) mass is 1270 g/mol. The van der Waals surface area contributed by atoms with E-state index in [1.54, 1.807) is 89.9 Å². The SMILES string of the molecule is CCCC1CCC(C2CCC(CC)CC2)CC1.CCCC1CCC(C2CCC(OC)CC2)CC1.CCCC1CCC(C2CCC(OCC)CC2)CC1.CCCCCC1CCC(C2CCC(CCC)CC2)CC1.CCCOC1CCC(C2CCC(CCC)CC2)CC1. The van der Waals surface area contributed by atoms with E-state index < -0.39 is 0 Å². The fraction of sp³-hybridized carbons (Fsp3) is 1.00. The molecular weight excluding hydrogens is 1100 g/mol. The van der Waals surface area contributed by atoms with E-state index in [9.17, 15) is 0 Å². The Kier molecular flexibility index (Phi) is 42.6. The van der Waals surface area contributed by atoms with Crippen molar-refractivity contribution in [3.05, 3.63) is 0 Å². The lowest BCUT2D eigenvalue weighted by atomic mass is 9.68. The fourth-order valence-corrected chi connectivity index (χ4v) is 22.3. The van der Waals surface area contributed by atoms with E-state index >= 15 is 0 Å². The van der Waals surface area contributed by atoms with Gasteiger partial charge in [-0.15, -0.1) is 0 Å². The average molecular weight is 1270 g/mol. The average Bonchev–Trinajstić information content (AvgIpc) is 2.71. The quantitative estimate of drug-likeness (QED) is 0.0808. The highest BCUT2D eigenvalue weighted by Gasteiger charge is 2.36. The van der Waals surface area contributed by atoms with Crippen LogP contribution >= 0.6 is 0 Å². The fourth-order valence-electron chi connectivity index (χ4n) is 22.3. The van der Waals surface area contributed by atoms with E-state index in [4.69, 9.17) is 14.2 Å². The van der Waals surface area contributed by atoms with Gasteiger partial charge in [0.15, 0.2) is 0 Å². The van der Waals surface area contributed by atoms with Crippen LogP contribution in [0.1, 0.15) is 422 Å². The van der Waals surface area contributed by atoms with Gasteiger partial charge >= 0.3 is 0 Å². The minimum absolute atomic E-state index is 0.572. The molecule has 3 heteroatoms. The summed E-state index contributed by atoms with van der Waals surface area (Å²) >= 11 is 0. The molecule has 10 rings (SSSR count). The zero-order chi connectivity index (χ0) is 64.7. The number of methoxy groups -OCH3 is 1. The Morgan fingerprint density at radius 3 is 0.659 bits per heavy atom. The minimum atomic E-state index is 0.572. The molecule has 0 spiro atoms. The van der Waals surface area contributed by atoms with Gasteiger partial charge in [0.25, 0.3) is 0 Å². The molecule has 536 valence electrons. The first-order valence-electron chi connectivity index (χ1n) is 43.4. The van der Waals surface area contributed by atoms with Crippen molar-refractivity contribution in [1.82, 2.24) is 0 Å². The molecule has 0 aromatic rings. The van der Waals surface area contributed by atoms with Gasteiger partial charge < -0.3 is 14.2 Å². The van der Waals surface area contributed by atoms with Crippen LogP contribution < -0.4 is 0 Å². The highest BCUT2D eigenvalue weighted by molar-refractivity contribution is 4.87. The van der Waals surface area contributed by atoms with Crippen molar-refractivity contribution in [2.24, 2.45) is 101 Å². The molecular formula is C88H166O3. The van der Waals surface area contributed by atoms with Crippen molar-refractivity contribution in [2.75, 3.05) is 20.3 Å². The number of hydrogen-bond acceptors (Lipinski definition) is 3. The summed E-state index contributed by atoms with van der Waals surface area (Å²) in [4.78, 5) is 0. The molecule has 0 atom stereocenters. The number of unbranched alkanes of at least 4 members (excludes halogenated alkanes) is 2. The van der Waals surface area contributed by atoms with Crippen LogP contribution in [0.2, 0.25) is 0 Å². The summed E-state index contributed by atoms with van der Waals surface area (Å²) in [6, 6.07) is 0. The summed E-state index contributed by atoms with van der Waals surface area (Å²) in [7, 11) is 1.88. The highest BCUT2D eigenvalue weighted by Crippen LogP contribution is 2.47. The number of hydrogen-bond donors (Lipinski definition) is 0. The van der Waals surface area contributed by atoms with Gasteiger partial charge in [-0.2, -0.15) is 0 Å². The first-order chi connectivity index (χ1) is 44.7. The molecule has 91 heavy (non-hydrogen) atoms. The van der Waals surface area contributed by atoms with Crippen LogP contribution in [-0.4, -0.2) is 38.6 Å². The van der Waals surface area contributed by atoms with Crippen molar-refractivity contribution in [2.45, 2.75) is 440 Å². The summed E-state index contributed by atoms with van der Waals surface area (Å²) in [5.41, 5.74) is 0. The molecule has 0 radical (unpaired) electrons. The third kappa shape index (κ3) is 30.5. The molecule has 0 aliphatic heterocycles. The van der Waals surface area contributed by atoms with E-state index in [1.165, 1.54) is 270 Å². The Hall–Kier alpha value is -0.120. The predicted octanol–water partition coefficient (Wildman–Crippen LogP) is 28.4. The second kappa shape index (κ2) is 48.6. The zero-order valence-corrected chi connectivity index (χ0v) is 63.8. The van der Waals surface area contributed by atoms with Crippen LogP contribution in [0.5, 0.6) is 0 Å². The molecule has 0 amide bonds. The maximum Gasteiger partial charge on any atom is 0.0575 e. The van der Waals surface area contributed by atoms with Crippen molar-refractivity contribution < 1.29 is 14.2 Å². The molecule has 0 heterocycles. The molecule has 0 N–H and O–H groups in total. The maximum absolute atomic E-state index is 5.92. The Balaban J connectivity index is 0.000000181. The van der Waals surface area contributed by atoms with Crippen LogP contribution in [0.25, 0.3) is 0 Å². The lowest BCUT2D eigenvalue weighted by molar-refractivity contribution is 0.00728. The van der Waals surface area contributed by atoms with Gasteiger partial charge in [-0.05, 0) is 281 Å². The summed E-state index contributed by atoms with van der Waals surface area (Å²) in [5, 5.41) is 0. The molecule has 0 aromatic carbocycles. The van der Waals surface area contributed by atoms with E-state index in [1.807, 2.05) is 7.11 Å². The maximum atomic E-state index is 5.92. The van der Waals surface area contributed by atoms with Gasteiger partial charge in [0.05, 0.1) is 18.3 Å². The molecule has 0 saturated heterocycles. The predicted molar refractivity (Wildman–Crippen MR) is 399 cm³/mol. The summed E-state index contributed by atoms with van der Waals surface area (Å²) in [5.74, 6) is 18.2. The van der Waals surface area contributed by atoms with Gasteiger partial charge in [0.1, 0.15) is 0 Å². The van der Waals surface area contributed by atoms with Crippen LogP contribution in [0.3, 0.4) is 0 Å². The van der Waals surface area contributed by atoms with Gasteiger partial charge in [-0.3, -0.25) is 0 Å². The normalized spacial score (nSPS) is 37.4. The molecule has 10 saturated carbocycles. The Bertz CT molecular complexity index is 1540. The van der Waals surface area contributed by atoms with E-state index in [2.05, 4.69) is 62.3 Å². The second-order valence-corrected chi connectivity index (χ2v) is 34.5. The van der Waals surface area contributed by atoms with E-state index in [-0.39, 0.29) is 0 Å². The number of rotatable bonds is 26. The first-order valence-corrected chi connectivity index (χ1v) is 43.4. The van der Waals surface area contributed by atoms with Crippen LogP contribution in [-0.2, 0) is 14.2 Å². The molecule has 10 fully saturated rings. The molecule has 3 nitrogen and oxygen atoms in total. The lowest BCUT2D eigenvalue weighted by Crippen LogP contribution is -2.28. The molecule has 10 aliphatic rings. The van der Waals surface area contributed by atoms with Crippen molar-refractivity contribution >= 4 is 0 Å². The Morgan fingerprint density at radius 2 is 0.440 bits per heavy atom. The highest BCUT2D eigenvalue weighted by atomic mass is 16.5. The number of ether oxygens (including phenoxy) is 3.